The number of piperazine rings is 1. The number of fused-ring (bicyclic) bond motifs is 5. The molecule has 446 valence electrons. The van der Waals surface area contributed by atoms with Crippen LogP contribution in [0.2, 0.25) is 0 Å². The fraction of sp³-hybridized carbons (Fsp3) is 0.492. The van der Waals surface area contributed by atoms with Crippen LogP contribution in [0.1, 0.15) is 112 Å². The molecule has 83 heavy (non-hydrogen) atoms. The molecule has 0 saturated carbocycles. The van der Waals surface area contributed by atoms with Crippen LogP contribution in [0, 0.1) is 6.92 Å². The van der Waals surface area contributed by atoms with Gasteiger partial charge in [-0.25, -0.2) is 24.1 Å². The number of carbonyl (C=O) groups is 7. The van der Waals surface area contributed by atoms with E-state index in [1.807, 2.05) is 38.2 Å². The Kier molecular flexibility index (Phi) is 20.8. The van der Waals surface area contributed by atoms with E-state index >= 15 is 0 Å². The summed E-state index contributed by atoms with van der Waals surface area (Å²) in [4.78, 5) is 102. The van der Waals surface area contributed by atoms with Crippen LogP contribution in [-0.4, -0.2) is 158 Å². The Morgan fingerprint density at radius 2 is 1.59 bits per heavy atom. The number of ether oxygens (including phenoxy) is 5. The first kappa shape index (κ1) is 61.5. The molecule has 4 aliphatic heterocycles. The number of aliphatic hydroxyl groups excluding tert-OH is 1. The molecule has 1 unspecified atom stereocenters. The van der Waals surface area contributed by atoms with Crippen LogP contribution in [-0.2, 0) is 30.4 Å². The largest absolute Gasteiger partial charge is 0.493 e. The first-order chi connectivity index (χ1) is 39.8. The van der Waals surface area contributed by atoms with Crippen LogP contribution in [0.25, 0.3) is 10.8 Å². The number of alkyl carbamates (subject to hydrolysis) is 2. The van der Waals surface area contributed by atoms with Crippen molar-refractivity contribution in [2.75, 3.05) is 87.1 Å². The van der Waals surface area contributed by atoms with Crippen LogP contribution < -0.4 is 35.2 Å². The summed E-state index contributed by atoms with van der Waals surface area (Å²) in [5.41, 5.74) is 3.00. The fourth-order valence-electron chi connectivity index (χ4n) is 10.8. The SMILES string of the molecule is C=CCOC(=O)N[C@@H](CCCCNC(=O)OC(C)(C)C)C(=O)Nc1ccc(COC(=O)N2c3cc(OCCCCCC(=O)N4C[C@@H](CCl)c5c4cc(OC(=O)N4CCN(C)CC4)c4ccccc54)c(C)cc3C(=O)N3CCC[C@H]3C2O)cc1. The number of alkyl halides is 1. The number of hydrogen-bond donors (Lipinski definition) is 4. The van der Waals surface area contributed by atoms with E-state index in [2.05, 4.69) is 27.4 Å². The second kappa shape index (κ2) is 28.1. The number of likely N-dealkylation sites (N-methyl/N-ethyl adjacent to an activating group) is 1. The Hall–Kier alpha value is -7.62. The monoisotopic (exact) mass is 1160 g/mol. The highest BCUT2D eigenvalue weighted by atomic mass is 35.5. The number of aliphatic hydroxyl groups is 1. The van der Waals surface area contributed by atoms with E-state index in [1.54, 1.807) is 77.9 Å². The molecule has 4 heterocycles. The van der Waals surface area contributed by atoms with Crippen molar-refractivity contribution < 1.29 is 62.4 Å². The van der Waals surface area contributed by atoms with Crippen LogP contribution in [0.4, 0.5) is 36.2 Å². The van der Waals surface area contributed by atoms with Gasteiger partial charge in [0.25, 0.3) is 5.91 Å². The second-order valence-electron chi connectivity index (χ2n) is 22.4. The lowest BCUT2D eigenvalue weighted by Gasteiger charge is -2.31. The molecule has 4 atom stereocenters. The predicted molar refractivity (Wildman–Crippen MR) is 314 cm³/mol. The summed E-state index contributed by atoms with van der Waals surface area (Å²) in [5.74, 6) is 0.134. The molecule has 2 fully saturated rings. The Morgan fingerprint density at radius 1 is 0.855 bits per heavy atom. The third-order valence-electron chi connectivity index (χ3n) is 15.1. The van der Waals surface area contributed by atoms with Crippen LogP contribution in [0.3, 0.4) is 0 Å². The Morgan fingerprint density at radius 3 is 2.31 bits per heavy atom. The minimum Gasteiger partial charge on any atom is -0.493 e. The van der Waals surface area contributed by atoms with Gasteiger partial charge in [0.15, 0.2) is 6.23 Å². The Labute approximate surface area is 489 Å². The molecule has 8 rings (SSSR count). The number of benzene rings is 4. The van der Waals surface area contributed by atoms with E-state index in [-0.39, 0.29) is 61.6 Å². The number of nitrogens with one attached hydrogen (secondary N) is 3. The lowest BCUT2D eigenvalue weighted by atomic mass is 9.95. The van der Waals surface area contributed by atoms with E-state index < -0.39 is 54.2 Å². The van der Waals surface area contributed by atoms with Gasteiger partial charge >= 0.3 is 24.4 Å². The van der Waals surface area contributed by atoms with E-state index in [0.717, 1.165) is 34.3 Å². The molecular formula is C61H77ClN8O13. The van der Waals surface area contributed by atoms with Crippen LogP contribution in [0.5, 0.6) is 11.5 Å². The lowest BCUT2D eigenvalue weighted by molar-refractivity contribution is -0.119. The quantitative estimate of drug-likeness (QED) is 0.0263. The third-order valence-corrected chi connectivity index (χ3v) is 15.5. The highest BCUT2D eigenvalue weighted by Crippen LogP contribution is 2.46. The van der Waals surface area contributed by atoms with Gasteiger partial charge in [0.05, 0.1) is 29.6 Å². The topological polar surface area (TPSA) is 238 Å². The Bertz CT molecular complexity index is 3020. The number of unbranched alkanes of at least 4 members (excludes halogenated alkanes) is 3. The first-order valence-corrected chi connectivity index (χ1v) is 29.1. The van der Waals surface area contributed by atoms with Gasteiger partial charge in [-0.15, -0.1) is 11.6 Å². The van der Waals surface area contributed by atoms with Crippen molar-refractivity contribution >= 4 is 81.5 Å². The van der Waals surface area contributed by atoms with Gasteiger partial charge in [-0.05, 0) is 126 Å². The van der Waals surface area contributed by atoms with Crippen molar-refractivity contribution in [2.24, 2.45) is 0 Å². The highest BCUT2D eigenvalue weighted by Gasteiger charge is 2.45. The first-order valence-electron chi connectivity index (χ1n) is 28.5. The minimum absolute atomic E-state index is 0.0509. The third kappa shape index (κ3) is 15.5. The molecule has 7 amide bonds. The van der Waals surface area contributed by atoms with Gasteiger partial charge in [0.1, 0.15) is 36.4 Å². The number of nitrogens with zero attached hydrogens (tertiary/aromatic N) is 5. The van der Waals surface area contributed by atoms with Gasteiger partial charge < -0.3 is 64.3 Å². The molecule has 0 bridgehead atoms. The highest BCUT2D eigenvalue weighted by molar-refractivity contribution is 6.19. The van der Waals surface area contributed by atoms with Gasteiger partial charge in [0, 0.05) is 87.2 Å². The zero-order valence-corrected chi connectivity index (χ0v) is 48.8. The summed E-state index contributed by atoms with van der Waals surface area (Å²) in [6, 6.07) is 17.7. The molecule has 2 saturated heterocycles. The fourth-order valence-corrected chi connectivity index (χ4v) is 11.1. The van der Waals surface area contributed by atoms with E-state index in [9.17, 15) is 38.7 Å². The lowest BCUT2D eigenvalue weighted by Crippen LogP contribution is -2.50. The standard InChI is InChI=1S/C61H77ClN8O13/c1-7-31-80-58(76)65-46(18-12-13-25-63-57(75)83-61(3,4)5)54(72)64-42-23-21-40(22-24-42)38-81-60(78)70-48-34-50(39(2)33-45(48)55(73)68-26-15-19-47(68)56(70)74)79-32-14-8-9-20-52(71)69-37-41(36-62)53-44-17-11-10-16-43(44)51(35-49(53)69)82-59(77)67-29-27-66(6)28-30-67/h7,10-11,16-17,21-24,33-35,41,46-47,56,74H,1,8-9,12-15,18-20,25-32,36-38H2,2-6H3,(H,63,75)(H,64,72)(H,65,76)/t41-,46+,47+,56?/m1/s1. The number of aryl methyl sites for hydroxylation is 1. The van der Waals surface area contributed by atoms with Crippen molar-refractivity contribution in [2.45, 2.75) is 122 Å². The molecule has 22 heteroatoms. The molecule has 4 aliphatic rings. The normalized spacial score (nSPS) is 18.1. The number of carbonyl (C=O) groups excluding carboxylic acids is 7. The van der Waals surface area contributed by atoms with Gasteiger partial charge in [-0.2, -0.15) is 0 Å². The summed E-state index contributed by atoms with van der Waals surface area (Å²) in [5, 5.41) is 21.6. The van der Waals surface area contributed by atoms with Crippen LogP contribution in [0.15, 0.2) is 79.4 Å². The molecule has 0 aliphatic carbocycles. The summed E-state index contributed by atoms with van der Waals surface area (Å²) in [7, 11) is 2.02. The molecule has 4 aromatic carbocycles. The number of anilines is 3. The average molecular weight is 1170 g/mol. The zero-order valence-electron chi connectivity index (χ0n) is 48.0. The van der Waals surface area contributed by atoms with E-state index in [4.69, 9.17) is 35.3 Å². The van der Waals surface area contributed by atoms with Crippen LogP contribution >= 0.6 is 11.6 Å². The molecule has 4 aromatic rings. The minimum atomic E-state index is -1.43. The van der Waals surface area contributed by atoms with Gasteiger partial charge in [0.2, 0.25) is 11.8 Å². The molecule has 0 spiro atoms. The molecule has 4 N–H and O–H groups in total. The van der Waals surface area contributed by atoms with Gasteiger partial charge in [-0.1, -0.05) is 49.1 Å². The number of hydrogen-bond acceptors (Lipinski definition) is 14. The maximum absolute atomic E-state index is 14.2. The van der Waals surface area contributed by atoms with Gasteiger partial charge in [-0.3, -0.25) is 14.4 Å². The van der Waals surface area contributed by atoms with Crippen molar-refractivity contribution in [1.29, 1.82) is 0 Å². The second-order valence-corrected chi connectivity index (χ2v) is 22.7. The zero-order chi connectivity index (χ0) is 59.4. The molecule has 0 aromatic heterocycles. The summed E-state index contributed by atoms with van der Waals surface area (Å²) >= 11 is 6.54. The van der Waals surface area contributed by atoms with Crippen molar-refractivity contribution in [3.05, 3.63) is 102 Å². The molecular weight excluding hydrogens is 1090 g/mol. The summed E-state index contributed by atoms with van der Waals surface area (Å²) < 4.78 is 28.5. The number of rotatable bonds is 21. The van der Waals surface area contributed by atoms with E-state index in [1.165, 1.54) is 6.08 Å². The smallest absolute Gasteiger partial charge is 0.416 e. The maximum atomic E-state index is 14.2. The predicted octanol–water partition coefficient (Wildman–Crippen LogP) is 9.20. The Balaban J connectivity index is 0.865. The molecule has 0 radical (unpaired) electrons. The average Bonchev–Trinajstić information content (AvgIpc) is 2.39. The number of halogens is 1. The molecule has 21 nitrogen and oxygen atoms in total. The summed E-state index contributed by atoms with van der Waals surface area (Å²) in [6.07, 6.45) is 1.73. The maximum Gasteiger partial charge on any atom is 0.416 e. The van der Waals surface area contributed by atoms with Crippen molar-refractivity contribution in [3.63, 3.8) is 0 Å². The van der Waals surface area contributed by atoms with E-state index in [0.29, 0.717) is 118 Å². The summed E-state index contributed by atoms with van der Waals surface area (Å²) in [6.45, 7) is 14.4. The van der Waals surface area contributed by atoms with Crippen molar-refractivity contribution in [1.82, 2.24) is 25.3 Å². The van der Waals surface area contributed by atoms with Crippen molar-refractivity contribution in [3.8, 4) is 11.5 Å². The number of amides is 7.